The number of allylic oxidation sites excluding steroid dienone is 1. The summed E-state index contributed by atoms with van der Waals surface area (Å²) in [6.45, 7) is 0. The van der Waals surface area contributed by atoms with Crippen molar-refractivity contribution in [2.24, 2.45) is 0 Å². The molecule has 0 bridgehead atoms. The Morgan fingerprint density at radius 1 is 1.62 bits per heavy atom. The van der Waals surface area contributed by atoms with E-state index in [9.17, 15) is 4.39 Å². The van der Waals surface area contributed by atoms with E-state index >= 15 is 0 Å². The maximum atomic E-state index is 12.7. The minimum atomic E-state index is -0.319. The van der Waals surface area contributed by atoms with Crippen LogP contribution >= 0.6 is 11.6 Å². The summed E-state index contributed by atoms with van der Waals surface area (Å²) in [7, 11) is 0. The Labute approximate surface area is 81.1 Å². The molecule has 0 fully saturated rings. The second kappa shape index (κ2) is 4.64. The van der Waals surface area contributed by atoms with Gasteiger partial charge in [0, 0.05) is 5.57 Å². The molecule has 1 nitrogen and oxygen atoms in total. The van der Waals surface area contributed by atoms with E-state index in [1.165, 1.54) is 12.1 Å². The summed E-state index contributed by atoms with van der Waals surface area (Å²) in [5, 5.41) is 8.56. The first-order valence-electron chi connectivity index (χ1n) is 3.68. The summed E-state index contributed by atoms with van der Waals surface area (Å²) in [5.74, 6) is -0.173. The highest BCUT2D eigenvalue weighted by Crippen LogP contribution is 2.09. The van der Waals surface area contributed by atoms with Gasteiger partial charge in [-0.3, -0.25) is 0 Å². The molecule has 0 spiro atoms. The molecule has 66 valence electrons. The van der Waals surface area contributed by atoms with Crippen LogP contribution in [0, 0.1) is 17.1 Å². The molecule has 0 saturated carbocycles. The van der Waals surface area contributed by atoms with Gasteiger partial charge in [-0.25, -0.2) is 4.39 Å². The van der Waals surface area contributed by atoms with Gasteiger partial charge in [0.15, 0.2) is 0 Å². The topological polar surface area (TPSA) is 23.8 Å². The van der Waals surface area contributed by atoms with Gasteiger partial charge in [0.2, 0.25) is 0 Å². The van der Waals surface area contributed by atoms with Crippen molar-refractivity contribution in [3.8, 4) is 6.07 Å². The highest BCUT2D eigenvalue weighted by atomic mass is 35.5. The van der Waals surface area contributed by atoms with Gasteiger partial charge in [-0.2, -0.15) is 5.26 Å². The summed E-state index contributed by atoms with van der Waals surface area (Å²) in [6, 6.07) is 7.93. The lowest BCUT2D eigenvalue weighted by Crippen LogP contribution is -1.81. The van der Waals surface area contributed by atoms with Crippen LogP contribution in [0.3, 0.4) is 0 Å². The quantitative estimate of drug-likeness (QED) is 0.526. The summed E-state index contributed by atoms with van der Waals surface area (Å²) in [4.78, 5) is 0. The van der Waals surface area contributed by atoms with Crippen LogP contribution in [-0.4, -0.2) is 5.88 Å². The van der Waals surface area contributed by atoms with Gasteiger partial charge in [0.1, 0.15) is 5.82 Å². The summed E-state index contributed by atoms with van der Waals surface area (Å²) in [5.41, 5.74) is 1.07. The van der Waals surface area contributed by atoms with Crippen LogP contribution in [0.4, 0.5) is 4.39 Å². The Bertz CT molecular complexity index is 365. The van der Waals surface area contributed by atoms with Gasteiger partial charge in [0.25, 0.3) is 0 Å². The Kier molecular flexibility index (Phi) is 3.48. The number of hydrogen-bond donors (Lipinski definition) is 0. The van der Waals surface area contributed by atoms with Crippen LogP contribution < -0.4 is 0 Å². The lowest BCUT2D eigenvalue weighted by atomic mass is 10.1. The lowest BCUT2D eigenvalue weighted by Gasteiger charge is -1.94. The Morgan fingerprint density at radius 3 is 2.92 bits per heavy atom. The van der Waals surface area contributed by atoms with Crippen molar-refractivity contribution >= 4 is 17.7 Å². The van der Waals surface area contributed by atoms with Gasteiger partial charge in [-0.05, 0) is 23.8 Å². The van der Waals surface area contributed by atoms with E-state index in [1.807, 2.05) is 6.07 Å². The van der Waals surface area contributed by atoms with Crippen molar-refractivity contribution in [2.75, 3.05) is 5.88 Å². The van der Waals surface area contributed by atoms with Gasteiger partial charge >= 0.3 is 0 Å². The largest absolute Gasteiger partial charge is 0.207 e. The van der Waals surface area contributed by atoms with Crippen molar-refractivity contribution in [3.05, 3.63) is 41.2 Å². The molecule has 0 amide bonds. The number of rotatable bonds is 2. The minimum absolute atomic E-state index is 0.146. The van der Waals surface area contributed by atoms with Gasteiger partial charge < -0.3 is 0 Å². The standard InChI is InChI=1S/C10H7ClFN/c11-6-9(7-13)4-8-2-1-3-10(12)5-8/h1-5H,6H2/b9-4-. The monoisotopic (exact) mass is 195 g/mol. The second-order valence-electron chi connectivity index (χ2n) is 2.47. The van der Waals surface area contributed by atoms with E-state index in [0.717, 1.165) is 0 Å². The Balaban J connectivity index is 2.97. The van der Waals surface area contributed by atoms with E-state index < -0.39 is 0 Å². The third-order valence-electron chi connectivity index (χ3n) is 1.48. The molecule has 0 saturated heterocycles. The predicted octanol–water partition coefficient (Wildman–Crippen LogP) is 2.97. The molecule has 1 aromatic rings. The molecule has 0 radical (unpaired) electrons. The number of nitriles is 1. The third-order valence-corrected chi connectivity index (χ3v) is 1.77. The van der Waals surface area contributed by atoms with E-state index in [4.69, 9.17) is 16.9 Å². The molecule has 0 N–H and O–H groups in total. The fourth-order valence-electron chi connectivity index (χ4n) is 0.898. The molecule has 0 aliphatic carbocycles. The third kappa shape index (κ3) is 2.89. The molecular formula is C10H7ClFN. The smallest absolute Gasteiger partial charge is 0.123 e. The van der Waals surface area contributed by atoms with E-state index in [0.29, 0.717) is 11.1 Å². The van der Waals surface area contributed by atoms with E-state index in [2.05, 4.69) is 0 Å². The van der Waals surface area contributed by atoms with Crippen LogP contribution in [0.1, 0.15) is 5.56 Å². The lowest BCUT2D eigenvalue weighted by molar-refractivity contribution is 0.627. The summed E-state index contributed by atoms with van der Waals surface area (Å²) in [6.07, 6.45) is 1.57. The second-order valence-corrected chi connectivity index (χ2v) is 2.74. The molecular weight excluding hydrogens is 189 g/mol. The number of benzene rings is 1. The Hall–Kier alpha value is -1.33. The number of nitrogens with zero attached hydrogens (tertiary/aromatic N) is 1. The minimum Gasteiger partial charge on any atom is -0.207 e. The SMILES string of the molecule is N#C/C(=C\c1cccc(F)c1)CCl. The average Bonchev–Trinajstić information content (AvgIpc) is 2.14. The maximum absolute atomic E-state index is 12.7. The van der Waals surface area contributed by atoms with Crippen molar-refractivity contribution in [3.63, 3.8) is 0 Å². The zero-order valence-corrected chi connectivity index (χ0v) is 7.55. The summed E-state index contributed by atoms with van der Waals surface area (Å²) >= 11 is 5.47. The van der Waals surface area contributed by atoms with Crippen LogP contribution in [0.15, 0.2) is 29.8 Å². The highest BCUT2D eigenvalue weighted by molar-refractivity contribution is 6.20. The van der Waals surface area contributed by atoms with Crippen molar-refractivity contribution < 1.29 is 4.39 Å². The van der Waals surface area contributed by atoms with Crippen molar-refractivity contribution in [2.45, 2.75) is 0 Å². The molecule has 1 rings (SSSR count). The first-order valence-corrected chi connectivity index (χ1v) is 4.22. The highest BCUT2D eigenvalue weighted by Gasteiger charge is 1.95. The number of halogens is 2. The molecule has 0 atom stereocenters. The first kappa shape index (κ1) is 9.76. The van der Waals surface area contributed by atoms with Crippen molar-refractivity contribution in [1.29, 1.82) is 5.26 Å². The molecule has 0 heterocycles. The van der Waals surface area contributed by atoms with E-state index in [-0.39, 0.29) is 11.7 Å². The fourth-order valence-corrected chi connectivity index (χ4v) is 1.04. The maximum Gasteiger partial charge on any atom is 0.123 e. The van der Waals surface area contributed by atoms with E-state index in [1.54, 1.807) is 18.2 Å². The molecule has 0 aromatic heterocycles. The van der Waals surface area contributed by atoms with Crippen LogP contribution in [0.5, 0.6) is 0 Å². The fraction of sp³-hybridized carbons (Fsp3) is 0.100. The zero-order chi connectivity index (χ0) is 9.68. The van der Waals surface area contributed by atoms with Crippen LogP contribution in [0.2, 0.25) is 0 Å². The molecule has 1 aromatic carbocycles. The van der Waals surface area contributed by atoms with Gasteiger partial charge in [-0.1, -0.05) is 12.1 Å². The number of alkyl halides is 1. The number of hydrogen-bond acceptors (Lipinski definition) is 1. The molecule has 0 unspecified atom stereocenters. The van der Waals surface area contributed by atoms with Gasteiger partial charge in [0.05, 0.1) is 11.9 Å². The summed E-state index contributed by atoms with van der Waals surface area (Å²) < 4.78 is 12.7. The zero-order valence-electron chi connectivity index (χ0n) is 6.80. The molecule has 0 aliphatic rings. The molecule has 3 heteroatoms. The predicted molar refractivity (Wildman–Crippen MR) is 50.7 cm³/mol. The van der Waals surface area contributed by atoms with Crippen LogP contribution in [-0.2, 0) is 0 Å². The Morgan fingerprint density at radius 2 is 2.38 bits per heavy atom. The van der Waals surface area contributed by atoms with Gasteiger partial charge in [-0.15, -0.1) is 11.6 Å². The van der Waals surface area contributed by atoms with Crippen molar-refractivity contribution in [1.82, 2.24) is 0 Å². The van der Waals surface area contributed by atoms with Crippen LogP contribution in [0.25, 0.3) is 6.08 Å². The average molecular weight is 196 g/mol. The first-order chi connectivity index (χ1) is 6.26. The normalized spacial score (nSPS) is 11.0. The molecule has 0 aliphatic heterocycles. The molecule has 13 heavy (non-hydrogen) atoms.